The zero-order valence-electron chi connectivity index (χ0n) is 9.23. The normalized spacial score (nSPS) is 11.5. The summed E-state index contributed by atoms with van der Waals surface area (Å²) in [4.78, 5) is 11.4. The van der Waals surface area contributed by atoms with Gasteiger partial charge in [-0.25, -0.2) is 17.9 Å². The van der Waals surface area contributed by atoms with Crippen molar-refractivity contribution in [2.45, 2.75) is 4.90 Å². The highest BCUT2D eigenvalue weighted by Gasteiger charge is 2.26. The minimum atomic E-state index is -4.08. The number of rotatable bonds is 4. The van der Waals surface area contributed by atoms with E-state index in [4.69, 9.17) is 9.52 Å². The lowest BCUT2D eigenvalue weighted by molar-refractivity contribution is 0.0661. The molecule has 0 bridgehead atoms. The van der Waals surface area contributed by atoms with Crippen LogP contribution in [0.5, 0.6) is 0 Å². The molecule has 0 saturated heterocycles. The maximum absolute atomic E-state index is 12.0. The van der Waals surface area contributed by atoms with Crippen LogP contribution in [0.25, 0.3) is 0 Å². The van der Waals surface area contributed by atoms with Crippen LogP contribution in [0.3, 0.4) is 0 Å². The van der Waals surface area contributed by atoms with Crippen LogP contribution in [0.4, 0.5) is 5.95 Å². The van der Waals surface area contributed by atoms with Crippen molar-refractivity contribution in [2.24, 2.45) is 7.05 Å². The Labute approximate surface area is 114 Å². The smallest absolute Gasteiger partial charge is 0.371 e. The second kappa shape index (κ2) is 4.62. The number of furan rings is 1. The summed E-state index contributed by atoms with van der Waals surface area (Å²) in [5.41, 5.74) is 0. The Kier molecular flexibility index (Phi) is 3.28. The molecule has 0 aliphatic heterocycles. The van der Waals surface area contributed by atoms with Crippen molar-refractivity contribution in [1.29, 1.82) is 0 Å². The van der Waals surface area contributed by atoms with Crippen molar-refractivity contribution < 1.29 is 22.7 Å². The molecule has 10 nitrogen and oxygen atoms in total. The molecule has 2 rings (SSSR count). The van der Waals surface area contributed by atoms with E-state index in [1.165, 1.54) is 7.05 Å². The summed E-state index contributed by atoms with van der Waals surface area (Å²) >= 11 is 2.83. The number of hydrogen-bond donors (Lipinski definition) is 2. The van der Waals surface area contributed by atoms with E-state index in [0.717, 1.165) is 10.9 Å². The molecular weight excluding hydrogens is 346 g/mol. The monoisotopic (exact) mass is 351 g/mol. The number of nitrogens with zero attached hydrogens (tertiary/aromatic N) is 4. The van der Waals surface area contributed by atoms with Crippen LogP contribution in [0.15, 0.2) is 20.0 Å². The Morgan fingerprint density at radius 3 is 2.74 bits per heavy atom. The summed E-state index contributed by atoms with van der Waals surface area (Å²) in [7, 11) is -2.62. The van der Waals surface area contributed by atoms with Gasteiger partial charge in [0.05, 0.1) is 7.05 Å². The fourth-order valence-corrected chi connectivity index (χ4v) is 3.02. The number of carbonyl (C=O) groups is 1. The molecule has 0 aromatic carbocycles. The fourth-order valence-electron chi connectivity index (χ4n) is 1.14. The zero-order valence-corrected chi connectivity index (χ0v) is 11.6. The summed E-state index contributed by atoms with van der Waals surface area (Å²) in [6.07, 6.45) is 0. The summed E-state index contributed by atoms with van der Waals surface area (Å²) < 4.78 is 30.5. The van der Waals surface area contributed by atoms with Crippen LogP contribution in [-0.2, 0) is 17.1 Å². The molecule has 2 aromatic heterocycles. The van der Waals surface area contributed by atoms with Gasteiger partial charge in [-0.05, 0) is 21.1 Å². The van der Waals surface area contributed by atoms with Crippen molar-refractivity contribution in [1.82, 2.24) is 20.2 Å². The first kappa shape index (κ1) is 13.5. The molecule has 102 valence electrons. The fraction of sp³-hybridized carbons (Fsp3) is 0.143. The van der Waals surface area contributed by atoms with Crippen LogP contribution in [0, 0.1) is 0 Å². The molecule has 0 unspecified atom stereocenters. The van der Waals surface area contributed by atoms with Crippen molar-refractivity contribution in [3.63, 3.8) is 0 Å². The predicted molar refractivity (Wildman–Crippen MR) is 63.0 cm³/mol. The third-order valence-corrected chi connectivity index (χ3v) is 4.07. The highest BCUT2D eigenvalue weighted by Crippen LogP contribution is 2.27. The van der Waals surface area contributed by atoms with Crippen molar-refractivity contribution >= 4 is 37.9 Å². The molecule has 2 N–H and O–H groups in total. The van der Waals surface area contributed by atoms with Gasteiger partial charge in [0.1, 0.15) is 4.90 Å². The van der Waals surface area contributed by atoms with Gasteiger partial charge < -0.3 is 9.52 Å². The third kappa shape index (κ3) is 2.73. The molecule has 0 saturated carbocycles. The van der Waals surface area contributed by atoms with Crippen molar-refractivity contribution in [2.75, 3.05) is 4.72 Å². The van der Waals surface area contributed by atoms with E-state index in [0.29, 0.717) is 0 Å². The lowest BCUT2D eigenvalue weighted by Crippen LogP contribution is -2.14. The molecule has 0 aliphatic carbocycles. The molecule has 12 heteroatoms. The van der Waals surface area contributed by atoms with Gasteiger partial charge in [0.2, 0.25) is 5.76 Å². The van der Waals surface area contributed by atoms with Gasteiger partial charge in [0.25, 0.3) is 16.0 Å². The number of sulfonamides is 1. The van der Waals surface area contributed by atoms with E-state index in [2.05, 4.69) is 31.3 Å². The minimum Gasteiger partial charge on any atom is -0.475 e. The van der Waals surface area contributed by atoms with Gasteiger partial charge in [-0.1, -0.05) is 5.10 Å². The van der Waals surface area contributed by atoms with Crippen LogP contribution in [0.1, 0.15) is 10.6 Å². The number of hydrogen-bond acceptors (Lipinski definition) is 7. The molecule has 0 aliphatic rings. The number of carboxylic acid groups (broad SMARTS) is 1. The van der Waals surface area contributed by atoms with Crippen molar-refractivity contribution in [3.05, 3.63) is 16.5 Å². The number of tetrazole rings is 1. The number of halogens is 1. The lowest BCUT2D eigenvalue weighted by Gasteiger charge is -2.00. The Morgan fingerprint density at radius 2 is 2.26 bits per heavy atom. The SMILES string of the molecule is Cn1nnc(NS(=O)(=O)c2cc(C(=O)O)oc2Br)n1. The third-order valence-electron chi connectivity index (χ3n) is 1.89. The number of aromatic nitrogens is 4. The Bertz CT molecular complexity index is 735. The van der Waals surface area contributed by atoms with Crippen LogP contribution < -0.4 is 4.72 Å². The largest absolute Gasteiger partial charge is 0.475 e. The van der Waals surface area contributed by atoms with Crippen LogP contribution >= 0.6 is 15.9 Å². The molecule has 2 aromatic rings. The number of anilines is 1. The summed E-state index contributed by atoms with van der Waals surface area (Å²) in [6, 6.07) is 0.866. The molecule has 0 atom stereocenters. The van der Waals surface area contributed by atoms with E-state index < -0.39 is 21.8 Å². The minimum absolute atomic E-state index is 0.235. The molecular formula is C7H6BrN5O5S. The molecule has 0 radical (unpaired) electrons. The van der Waals surface area contributed by atoms with Crippen molar-refractivity contribution in [3.8, 4) is 0 Å². The maximum Gasteiger partial charge on any atom is 0.371 e. The molecule has 0 fully saturated rings. The average molecular weight is 352 g/mol. The molecule has 0 spiro atoms. The second-order valence-corrected chi connectivity index (χ2v) is 5.63. The highest BCUT2D eigenvalue weighted by molar-refractivity contribution is 9.10. The maximum atomic E-state index is 12.0. The van der Waals surface area contributed by atoms with E-state index >= 15 is 0 Å². The van der Waals surface area contributed by atoms with Gasteiger partial charge in [-0.15, -0.1) is 5.10 Å². The zero-order chi connectivity index (χ0) is 14.2. The number of aromatic carboxylic acids is 1. The predicted octanol–water partition coefficient (Wildman–Crippen LogP) is 0.0646. The summed E-state index contributed by atoms with van der Waals surface area (Å²) in [5.74, 6) is -2.15. The van der Waals surface area contributed by atoms with Crippen LogP contribution in [-0.4, -0.2) is 39.7 Å². The molecule has 19 heavy (non-hydrogen) atoms. The van der Waals surface area contributed by atoms with E-state index in [1.807, 2.05) is 4.72 Å². The first-order valence-corrected chi connectivity index (χ1v) is 6.86. The summed E-state index contributed by atoms with van der Waals surface area (Å²) in [5, 5.41) is 19.2. The number of aryl methyl sites for hydroxylation is 1. The van der Waals surface area contributed by atoms with Gasteiger partial charge in [-0.3, -0.25) is 0 Å². The lowest BCUT2D eigenvalue weighted by atomic mass is 10.5. The Morgan fingerprint density at radius 1 is 1.58 bits per heavy atom. The quantitative estimate of drug-likeness (QED) is 0.787. The Balaban J connectivity index is 2.37. The standard InChI is InChI=1S/C7H6BrN5O5S/c1-13-10-7(9-12-13)11-19(16,17)4-2-3(6(14)15)18-5(4)8/h2H,1H3,(H,10,11)(H,14,15). The van der Waals surface area contributed by atoms with Gasteiger partial charge in [0, 0.05) is 6.07 Å². The summed E-state index contributed by atoms with van der Waals surface area (Å²) in [6.45, 7) is 0. The average Bonchev–Trinajstić information content (AvgIpc) is 2.85. The number of nitrogens with one attached hydrogen (secondary N) is 1. The van der Waals surface area contributed by atoms with E-state index in [-0.39, 0.29) is 15.5 Å². The highest BCUT2D eigenvalue weighted by atomic mass is 79.9. The first-order valence-electron chi connectivity index (χ1n) is 4.59. The molecule has 2 heterocycles. The second-order valence-electron chi connectivity index (χ2n) is 3.26. The van der Waals surface area contributed by atoms with Gasteiger partial charge >= 0.3 is 5.97 Å². The van der Waals surface area contributed by atoms with E-state index in [1.54, 1.807) is 0 Å². The van der Waals surface area contributed by atoms with E-state index in [9.17, 15) is 13.2 Å². The topological polar surface area (TPSA) is 140 Å². The molecule has 0 amide bonds. The van der Waals surface area contributed by atoms with Gasteiger partial charge in [0.15, 0.2) is 4.67 Å². The van der Waals surface area contributed by atoms with Gasteiger partial charge in [-0.2, -0.15) is 4.80 Å². The van der Waals surface area contributed by atoms with Crippen LogP contribution in [0.2, 0.25) is 0 Å². The Hall–Kier alpha value is -1.95. The first-order chi connectivity index (χ1) is 8.79. The number of carboxylic acids is 1.